The Hall–Kier alpha value is -2.84. The first-order valence-corrected chi connectivity index (χ1v) is 5.92. The van der Waals surface area contributed by atoms with Crippen molar-refractivity contribution in [2.45, 2.75) is 6.92 Å². The molecular weight excluding hydrogens is 232 g/mol. The molecule has 2 aromatic carbocycles. The SMILES string of the molecule is Cc1ccc(C=Cc2cccc(C#N)c2C#N)cc1. The zero-order valence-electron chi connectivity index (χ0n) is 10.6. The highest BCUT2D eigenvalue weighted by atomic mass is 14.3. The molecule has 0 spiro atoms. The Kier molecular flexibility index (Phi) is 3.76. The summed E-state index contributed by atoms with van der Waals surface area (Å²) in [5.41, 5.74) is 3.88. The maximum atomic E-state index is 9.13. The van der Waals surface area contributed by atoms with Crippen molar-refractivity contribution in [2.75, 3.05) is 0 Å². The van der Waals surface area contributed by atoms with E-state index in [0.29, 0.717) is 11.1 Å². The summed E-state index contributed by atoms with van der Waals surface area (Å²) in [6.45, 7) is 2.04. The molecule has 2 nitrogen and oxygen atoms in total. The van der Waals surface area contributed by atoms with Crippen molar-refractivity contribution < 1.29 is 0 Å². The highest BCUT2D eigenvalue weighted by Crippen LogP contribution is 2.16. The van der Waals surface area contributed by atoms with E-state index in [1.807, 2.05) is 55.5 Å². The molecular formula is C17H12N2. The minimum atomic E-state index is 0.411. The van der Waals surface area contributed by atoms with Crippen LogP contribution < -0.4 is 0 Å². The van der Waals surface area contributed by atoms with Crippen LogP contribution in [0.4, 0.5) is 0 Å². The second-order valence-corrected chi connectivity index (χ2v) is 4.24. The van der Waals surface area contributed by atoms with E-state index >= 15 is 0 Å². The number of hydrogen-bond donors (Lipinski definition) is 0. The summed E-state index contributed by atoms with van der Waals surface area (Å²) in [5, 5.41) is 18.1. The third-order valence-corrected chi connectivity index (χ3v) is 2.86. The monoisotopic (exact) mass is 244 g/mol. The maximum Gasteiger partial charge on any atom is 0.101 e. The van der Waals surface area contributed by atoms with Gasteiger partial charge in [0.25, 0.3) is 0 Å². The van der Waals surface area contributed by atoms with E-state index in [-0.39, 0.29) is 0 Å². The predicted octanol–water partition coefficient (Wildman–Crippen LogP) is 3.91. The molecule has 0 aliphatic rings. The first-order chi connectivity index (χ1) is 9.24. The Morgan fingerprint density at radius 2 is 1.63 bits per heavy atom. The van der Waals surface area contributed by atoms with Gasteiger partial charge >= 0.3 is 0 Å². The molecule has 0 heterocycles. The van der Waals surface area contributed by atoms with E-state index in [4.69, 9.17) is 10.5 Å². The summed E-state index contributed by atoms with van der Waals surface area (Å²) in [4.78, 5) is 0. The second-order valence-electron chi connectivity index (χ2n) is 4.24. The van der Waals surface area contributed by atoms with Gasteiger partial charge in [0.1, 0.15) is 12.1 Å². The summed E-state index contributed by atoms with van der Waals surface area (Å²) in [5.74, 6) is 0. The standard InChI is InChI=1S/C17H12N2/c1-13-5-7-14(8-6-13)9-10-15-3-2-4-16(11-18)17(15)12-19/h2-10H,1H3. The quantitative estimate of drug-likeness (QED) is 0.752. The van der Waals surface area contributed by atoms with Crippen molar-refractivity contribution in [2.24, 2.45) is 0 Å². The third kappa shape index (κ3) is 2.89. The number of hydrogen-bond acceptors (Lipinski definition) is 2. The summed E-state index contributed by atoms with van der Waals surface area (Å²) >= 11 is 0. The van der Waals surface area contributed by atoms with E-state index in [9.17, 15) is 0 Å². The van der Waals surface area contributed by atoms with Crippen LogP contribution >= 0.6 is 0 Å². The third-order valence-electron chi connectivity index (χ3n) is 2.86. The topological polar surface area (TPSA) is 47.6 Å². The highest BCUT2D eigenvalue weighted by molar-refractivity contribution is 5.74. The number of aryl methyl sites for hydroxylation is 1. The zero-order valence-corrected chi connectivity index (χ0v) is 10.6. The molecule has 0 fully saturated rings. The smallest absolute Gasteiger partial charge is 0.101 e. The van der Waals surface area contributed by atoms with Gasteiger partial charge in [0.2, 0.25) is 0 Å². The zero-order chi connectivity index (χ0) is 13.7. The lowest BCUT2D eigenvalue weighted by Gasteiger charge is -2.00. The van der Waals surface area contributed by atoms with Gasteiger partial charge in [0.05, 0.1) is 11.1 Å². The van der Waals surface area contributed by atoms with Crippen molar-refractivity contribution in [3.05, 3.63) is 70.3 Å². The van der Waals surface area contributed by atoms with Crippen LogP contribution in [-0.2, 0) is 0 Å². The normalized spacial score (nSPS) is 10.1. The first-order valence-electron chi connectivity index (χ1n) is 5.92. The van der Waals surface area contributed by atoms with Gasteiger partial charge in [0, 0.05) is 0 Å². The molecule has 2 rings (SSSR count). The lowest BCUT2D eigenvalue weighted by Crippen LogP contribution is -1.87. The van der Waals surface area contributed by atoms with Crippen molar-refractivity contribution in [3.8, 4) is 12.1 Å². The Labute approximate surface area is 112 Å². The Morgan fingerprint density at radius 1 is 0.895 bits per heavy atom. The van der Waals surface area contributed by atoms with Crippen molar-refractivity contribution >= 4 is 12.2 Å². The van der Waals surface area contributed by atoms with Crippen molar-refractivity contribution in [1.82, 2.24) is 0 Å². The van der Waals surface area contributed by atoms with Gasteiger partial charge < -0.3 is 0 Å². The molecule has 0 aliphatic carbocycles. The van der Waals surface area contributed by atoms with Gasteiger partial charge in [-0.1, -0.05) is 54.1 Å². The first kappa shape index (κ1) is 12.6. The summed E-state index contributed by atoms with van der Waals surface area (Å²) in [6, 6.07) is 17.5. The predicted molar refractivity (Wildman–Crippen MR) is 76.0 cm³/mol. The van der Waals surface area contributed by atoms with Crippen LogP contribution in [0.5, 0.6) is 0 Å². The van der Waals surface area contributed by atoms with Gasteiger partial charge in [-0.3, -0.25) is 0 Å². The number of nitriles is 2. The van der Waals surface area contributed by atoms with E-state index in [1.54, 1.807) is 12.1 Å². The van der Waals surface area contributed by atoms with Gasteiger partial charge in [0.15, 0.2) is 0 Å². The number of rotatable bonds is 2. The van der Waals surface area contributed by atoms with Crippen LogP contribution in [0.2, 0.25) is 0 Å². The molecule has 0 aromatic heterocycles. The minimum absolute atomic E-state index is 0.411. The molecule has 0 N–H and O–H groups in total. The van der Waals surface area contributed by atoms with Crippen LogP contribution in [0.1, 0.15) is 27.8 Å². The lowest BCUT2D eigenvalue weighted by atomic mass is 10.0. The summed E-state index contributed by atoms with van der Waals surface area (Å²) in [7, 11) is 0. The molecule has 2 heteroatoms. The largest absolute Gasteiger partial charge is 0.192 e. The molecule has 0 saturated heterocycles. The van der Waals surface area contributed by atoms with E-state index in [0.717, 1.165) is 11.1 Å². The molecule has 0 amide bonds. The van der Waals surface area contributed by atoms with E-state index in [1.165, 1.54) is 5.56 Å². The highest BCUT2D eigenvalue weighted by Gasteiger charge is 2.04. The van der Waals surface area contributed by atoms with E-state index < -0.39 is 0 Å². The van der Waals surface area contributed by atoms with Crippen LogP contribution in [0.15, 0.2) is 42.5 Å². The Balaban J connectivity index is 2.37. The second kappa shape index (κ2) is 5.67. The van der Waals surface area contributed by atoms with Crippen LogP contribution in [0.25, 0.3) is 12.2 Å². The fourth-order valence-electron chi connectivity index (χ4n) is 1.79. The van der Waals surface area contributed by atoms with Crippen LogP contribution in [0, 0.1) is 29.6 Å². The Bertz CT molecular complexity index is 696. The average molecular weight is 244 g/mol. The van der Waals surface area contributed by atoms with Crippen molar-refractivity contribution in [3.63, 3.8) is 0 Å². The molecule has 0 radical (unpaired) electrons. The molecule has 0 unspecified atom stereocenters. The van der Waals surface area contributed by atoms with Crippen LogP contribution in [0.3, 0.4) is 0 Å². The lowest BCUT2D eigenvalue weighted by molar-refractivity contribution is 1.42. The summed E-state index contributed by atoms with van der Waals surface area (Å²) < 4.78 is 0. The average Bonchev–Trinajstić information content (AvgIpc) is 2.46. The molecule has 0 aliphatic heterocycles. The molecule has 2 aromatic rings. The fourth-order valence-corrected chi connectivity index (χ4v) is 1.79. The van der Waals surface area contributed by atoms with Gasteiger partial charge in [-0.2, -0.15) is 10.5 Å². The van der Waals surface area contributed by atoms with Crippen molar-refractivity contribution in [1.29, 1.82) is 10.5 Å². The molecule has 0 bridgehead atoms. The Morgan fingerprint density at radius 3 is 2.26 bits per heavy atom. The van der Waals surface area contributed by atoms with Crippen LogP contribution in [-0.4, -0.2) is 0 Å². The van der Waals surface area contributed by atoms with Gasteiger partial charge in [-0.05, 0) is 24.1 Å². The summed E-state index contributed by atoms with van der Waals surface area (Å²) in [6.07, 6.45) is 3.81. The van der Waals surface area contributed by atoms with Gasteiger partial charge in [-0.15, -0.1) is 0 Å². The molecule has 19 heavy (non-hydrogen) atoms. The molecule has 90 valence electrons. The van der Waals surface area contributed by atoms with Gasteiger partial charge in [-0.25, -0.2) is 0 Å². The minimum Gasteiger partial charge on any atom is -0.192 e. The van der Waals surface area contributed by atoms with E-state index in [2.05, 4.69) is 6.07 Å². The molecule has 0 atom stereocenters. The number of nitrogens with zero attached hydrogens (tertiary/aromatic N) is 2. The molecule has 0 saturated carbocycles. The number of benzene rings is 2. The fraction of sp³-hybridized carbons (Fsp3) is 0.0588. The maximum absolute atomic E-state index is 9.13.